The van der Waals surface area contributed by atoms with Gasteiger partial charge in [-0.3, -0.25) is 4.79 Å². The van der Waals surface area contributed by atoms with Crippen LogP contribution in [0.1, 0.15) is 5.56 Å². The van der Waals surface area contributed by atoms with Crippen molar-refractivity contribution in [3.05, 3.63) is 23.8 Å². The van der Waals surface area contributed by atoms with Crippen molar-refractivity contribution in [1.82, 2.24) is 0 Å². The van der Waals surface area contributed by atoms with Gasteiger partial charge in [-0.1, -0.05) is 0 Å². The summed E-state index contributed by atoms with van der Waals surface area (Å²) in [5, 5.41) is 2.44. The number of hydrogen-bond donors (Lipinski definition) is 1. The summed E-state index contributed by atoms with van der Waals surface area (Å²) in [7, 11) is 1.44. The molecule has 1 aromatic carbocycles. The Labute approximate surface area is 86.3 Å². The Hall–Kier alpha value is -1.07. The second-order valence-corrected chi connectivity index (χ2v) is 5.24. The summed E-state index contributed by atoms with van der Waals surface area (Å²) in [6.45, 7) is 1.68. The van der Waals surface area contributed by atoms with Gasteiger partial charge in [0.2, 0.25) is 6.41 Å². The Balaban J connectivity index is 3.19. The van der Waals surface area contributed by atoms with Crippen molar-refractivity contribution < 1.29 is 13.2 Å². The molecule has 1 aromatic rings. The van der Waals surface area contributed by atoms with Gasteiger partial charge in [0, 0.05) is 16.4 Å². The zero-order valence-electron chi connectivity index (χ0n) is 7.32. The number of carbonyl (C=O) groups excluding carboxylic acids is 1. The van der Waals surface area contributed by atoms with Crippen LogP contribution < -0.4 is 5.32 Å². The van der Waals surface area contributed by atoms with E-state index < -0.39 is 9.05 Å². The van der Waals surface area contributed by atoms with E-state index in [1.807, 2.05) is 0 Å². The third kappa shape index (κ3) is 2.46. The van der Waals surface area contributed by atoms with Crippen molar-refractivity contribution in [3.8, 4) is 0 Å². The summed E-state index contributed by atoms with van der Waals surface area (Å²) in [4.78, 5) is 10.2. The number of rotatable bonds is 3. The molecule has 4 nitrogen and oxygen atoms in total. The molecule has 0 fully saturated rings. The molecular weight excluding hydrogens is 226 g/mol. The van der Waals surface area contributed by atoms with Crippen LogP contribution in [0.25, 0.3) is 0 Å². The number of benzene rings is 1. The van der Waals surface area contributed by atoms with Crippen LogP contribution in [0.4, 0.5) is 5.69 Å². The fourth-order valence-corrected chi connectivity index (χ4v) is 1.85. The van der Waals surface area contributed by atoms with Gasteiger partial charge in [-0.15, -0.1) is 0 Å². The highest BCUT2D eigenvalue weighted by atomic mass is 35.7. The minimum atomic E-state index is -3.70. The first-order valence-corrected chi connectivity index (χ1v) is 6.01. The van der Waals surface area contributed by atoms with Crippen molar-refractivity contribution in [2.24, 2.45) is 0 Å². The van der Waals surface area contributed by atoms with Crippen LogP contribution in [0.15, 0.2) is 23.1 Å². The van der Waals surface area contributed by atoms with Crippen LogP contribution in [-0.4, -0.2) is 14.8 Å². The Morgan fingerprint density at radius 3 is 2.50 bits per heavy atom. The molecule has 0 spiro atoms. The van der Waals surface area contributed by atoms with Crippen LogP contribution in [0.2, 0.25) is 0 Å². The number of nitrogens with one attached hydrogen (secondary N) is 1. The summed E-state index contributed by atoms with van der Waals surface area (Å²) >= 11 is 0. The van der Waals surface area contributed by atoms with Gasteiger partial charge in [0.1, 0.15) is 0 Å². The minimum Gasteiger partial charge on any atom is -0.328 e. The Morgan fingerprint density at radius 2 is 2.07 bits per heavy atom. The molecule has 0 bridgehead atoms. The molecule has 0 saturated heterocycles. The first-order valence-electron chi connectivity index (χ1n) is 3.70. The molecule has 0 aliphatic rings. The summed E-state index contributed by atoms with van der Waals surface area (Å²) in [5.41, 5.74) is 1.20. The molecule has 1 amide bonds. The smallest absolute Gasteiger partial charge is 0.261 e. The van der Waals surface area contributed by atoms with Crippen molar-refractivity contribution in [2.45, 2.75) is 11.8 Å². The molecule has 0 atom stereocenters. The van der Waals surface area contributed by atoms with E-state index in [2.05, 4.69) is 5.32 Å². The van der Waals surface area contributed by atoms with Gasteiger partial charge in [0.05, 0.1) is 4.90 Å². The average Bonchev–Trinajstić information content (AvgIpc) is 2.07. The first kappa shape index (κ1) is 11.0. The number of amides is 1. The monoisotopic (exact) mass is 233 g/mol. The topological polar surface area (TPSA) is 63.2 Å². The Kier molecular flexibility index (Phi) is 3.13. The van der Waals surface area contributed by atoms with Gasteiger partial charge in [0.15, 0.2) is 0 Å². The standard InChI is InChI=1S/C8H8ClNO3S/c1-6-4-7(14(9,12)13)2-3-8(6)10-5-11/h2-5H,1H3,(H,10,11). The molecule has 1 N–H and O–H groups in total. The van der Waals surface area contributed by atoms with Crippen LogP contribution in [-0.2, 0) is 13.8 Å². The molecular formula is C8H8ClNO3S. The van der Waals surface area contributed by atoms with Crippen LogP contribution >= 0.6 is 10.7 Å². The lowest BCUT2D eigenvalue weighted by Gasteiger charge is -2.04. The lowest BCUT2D eigenvalue weighted by molar-refractivity contribution is -0.105. The highest BCUT2D eigenvalue weighted by molar-refractivity contribution is 8.13. The molecule has 76 valence electrons. The normalized spacial score (nSPS) is 11.0. The molecule has 1 rings (SSSR count). The summed E-state index contributed by atoms with van der Waals surface area (Å²) in [6, 6.07) is 4.22. The predicted molar refractivity (Wildman–Crippen MR) is 53.9 cm³/mol. The molecule has 6 heteroatoms. The fraction of sp³-hybridized carbons (Fsp3) is 0.125. The first-order chi connectivity index (χ1) is 6.45. The zero-order valence-corrected chi connectivity index (χ0v) is 8.89. The van der Waals surface area contributed by atoms with E-state index in [0.717, 1.165) is 0 Å². The van der Waals surface area contributed by atoms with Gasteiger partial charge < -0.3 is 5.32 Å². The van der Waals surface area contributed by atoms with Gasteiger partial charge >= 0.3 is 0 Å². The summed E-state index contributed by atoms with van der Waals surface area (Å²) in [6.07, 6.45) is 0.525. The van der Waals surface area contributed by atoms with E-state index in [-0.39, 0.29) is 4.90 Å². The largest absolute Gasteiger partial charge is 0.328 e. The number of hydrogen-bond acceptors (Lipinski definition) is 3. The highest BCUT2D eigenvalue weighted by Gasteiger charge is 2.10. The van der Waals surface area contributed by atoms with Gasteiger partial charge in [-0.25, -0.2) is 8.42 Å². The third-order valence-corrected chi connectivity index (χ3v) is 3.05. The Bertz CT molecular complexity index is 456. The lowest BCUT2D eigenvalue weighted by Crippen LogP contribution is -1.98. The zero-order chi connectivity index (χ0) is 10.8. The van der Waals surface area contributed by atoms with Crippen molar-refractivity contribution in [3.63, 3.8) is 0 Å². The molecule has 0 radical (unpaired) electrons. The maximum Gasteiger partial charge on any atom is 0.261 e. The van der Waals surface area contributed by atoms with Crippen molar-refractivity contribution >= 4 is 31.8 Å². The van der Waals surface area contributed by atoms with Gasteiger partial charge in [0.25, 0.3) is 9.05 Å². The van der Waals surface area contributed by atoms with Crippen LogP contribution in [0.5, 0.6) is 0 Å². The second-order valence-electron chi connectivity index (χ2n) is 2.68. The minimum absolute atomic E-state index is 0.0214. The molecule has 0 unspecified atom stereocenters. The quantitative estimate of drug-likeness (QED) is 0.636. The summed E-state index contributed by atoms with van der Waals surface area (Å²) < 4.78 is 21.9. The SMILES string of the molecule is Cc1cc(S(=O)(=O)Cl)ccc1NC=O. The molecule has 0 aromatic heterocycles. The number of aryl methyl sites for hydroxylation is 1. The lowest BCUT2D eigenvalue weighted by atomic mass is 10.2. The predicted octanol–water partition coefficient (Wildman–Crippen LogP) is 1.49. The maximum absolute atomic E-state index is 10.9. The van der Waals surface area contributed by atoms with Gasteiger partial charge in [-0.05, 0) is 30.7 Å². The fourth-order valence-electron chi connectivity index (χ4n) is 1.01. The van der Waals surface area contributed by atoms with Crippen LogP contribution in [0.3, 0.4) is 0 Å². The van der Waals surface area contributed by atoms with Gasteiger partial charge in [-0.2, -0.15) is 0 Å². The van der Waals surface area contributed by atoms with Crippen LogP contribution in [0, 0.1) is 6.92 Å². The van der Waals surface area contributed by atoms with E-state index in [0.29, 0.717) is 17.7 Å². The number of carbonyl (C=O) groups is 1. The second kappa shape index (κ2) is 3.98. The molecule has 0 saturated carbocycles. The molecule has 14 heavy (non-hydrogen) atoms. The average molecular weight is 234 g/mol. The Morgan fingerprint density at radius 1 is 1.43 bits per heavy atom. The van der Waals surface area contributed by atoms with Crippen molar-refractivity contribution in [2.75, 3.05) is 5.32 Å². The van der Waals surface area contributed by atoms with Crippen molar-refractivity contribution in [1.29, 1.82) is 0 Å². The highest BCUT2D eigenvalue weighted by Crippen LogP contribution is 2.21. The van der Waals surface area contributed by atoms with E-state index >= 15 is 0 Å². The molecule has 0 aliphatic carbocycles. The number of anilines is 1. The molecule has 0 aliphatic heterocycles. The number of halogens is 1. The van der Waals surface area contributed by atoms with E-state index in [9.17, 15) is 13.2 Å². The molecule has 0 heterocycles. The third-order valence-electron chi connectivity index (χ3n) is 1.69. The maximum atomic E-state index is 10.9. The van der Waals surface area contributed by atoms with E-state index in [4.69, 9.17) is 10.7 Å². The van der Waals surface area contributed by atoms with E-state index in [1.54, 1.807) is 6.92 Å². The van der Waals surface area contributed by atoms with E-state index in [1.165, 1.54) is 18.2 Å². The summed E-state index contributed by atoms with van der Waals surface area (Å²) in [5.74, 6) is 0.